The molecule has 0 fully saturated rings. The van der Waals surface area contributed by atoms with E-state index in [2.05, 4.69) is 31.0 Å². The van der Waals surface area contributed by atoms with Gasteiger partial charge in [0.05, 0.1) is 11.4 Å². The number of hydrogen-bond donors (Lipinski definition) is 2. The summed E-state index contributed by atoms with van der Waals surface area (Å²) in [5.41, 5.74) is 1.25. The summed E-state index contributed by atoms with van der Waals surface area (Å²) in [6.07, 6.45) is 0. The predicted molar refractivity (Wildman–Crippen MR) is 73.9 cm³/mol. The summed E-state index contributed by atoms with van der Waals surface area (Å²) in [5, 5.41) is 21.3. The van der Waals surface area contributed by atoms with Gasteiger partial charge in [-0.1, -0.05) is 0 Å². The number of nitrogens with one attached hydrogen (secondary N) is 2. The Bertz CT molecular complexity index is 316. The molecule has 0 aromatic heterocycles. The minimum atomic E-state index is 0. The second-order valence-corrected chi connectivity index (χ2v) is 3.45. The van der Waals surface area contributed by atoms with Crippen LogP contribution in [0.25, 0.3) is 0 Å². The van der Waals surface area contributed by atoms with Gasteiger partial charge in [0, 0.05) is 14.1 Å². The van der Waals surface area contributed by atoms with Crippen LogP contribution in [0.4, 0.5) is 0 Å². The largest absolute Gasteiger partial charge is 2.00 e. The van der Waals surface area contributed by atoms with Crippen LogP contribution in [0.2, 0.25) is 0 Å². The van der Waals surface area contributed by atoms with E-state index >= 15 is 0 Å². The number of nitrogens with zero attached hydrogens (tertiary/aromatic N) is 4. The Morgan fingerprint density at radius 2 is 1.06 bits per heavy atom. The summed E-state index contributed by atoms with van der Waals surface area (Å²) < 4.78 is 0. The van der Waals surface area contributed by atoms with E-state index in [9.17, 15) is 0 Å². The number of hydrogen-bond acceptors (Lipinski definition) is 6. The van der Waals surface area contributed by atoms with Crippen molar-refractivity contribution in [2.75, 3.05) is 14.1 Å². The monoisotopic (exact) mass is 322 g/mol. The summed E-state index contributed by atoms with van der Waals surface area (Å²) in [5.74, 6) is 0. The first-order chi connectivity index (χ1) is 7.51. The van der Waals surface area contributed by atoms with Crippen LogP contribution in [-0.4, -0.2) is 35.9 Å². The average Bonchev–Trinajstić information content (AvgIpc) is 2.31. The Morgan fingerprint density at radius 3 is 1.29 bits per heavy atom. The van der Waals surface area contributed by atoms with E-state index in [1.165, 1.54) is 0 Å². The average molecular weight is 324 g/mol. The standard InChI is InChI=1S/C8H16N6S2.Zn/c1-5(11-13-7(15)9-3)6(2)12-14-8(16)10-4;/h1-4H3,(H2,9,13,15)(H2,10,14,16);/q;+2/p-2/b11-5+,12-6+;. The smallest absolute Gasteiger partial charge is 0.741 e. The van der Waals surface area contributed by atoms with Crippen molar-refractivity contribution in [3.63, 3.8) is 0 Å². The van der Waals surface area contributed by atoms with Crippen LogP contribution >= 0.6 is 0 Å². The van der Waals surface area contributed by atoms with E-state index in [1.54, 1.807) is 27.9 Å². The fourth-order valence-electron chi connectivity index (χ4n) is 0.486. The van der Waals surface area contributed by atoms with Crippen molar-refractivity contribution in [2.24, 2.45) is 20.4 Å². The molecule has 0 heterocycles. The van der Waals surface area contributed by atoms with Crippen molar-refractivity contribution < 1.29 is 19.5 Å². The fourth-order valence-corrected chi connectivity index (χ4v) is 0.567. The van der Waals surface area contributed by atoms with Gasteiger partial charge < -0.3 is 35.9 Å². The quantitative estimate of drug-likeness (QED) is 0.252. The molecule has 0 atom stereocenters. The topological polar surface area (TPSA) is 73.5 Å². The molecule has 0 aliphatic heterocycles. The van der Waals surface area contributed by atoms with Crippen molar-refractivity contribution in [2.45, 2.75) is 13.8 Å². The van der Waals surface area contributed by atoms with Crippen LogP contribution < -0.4 is 10.6 Å². The molecule has 0 aliphatic carbocycles. The third-order valence-corrected chi connectivity index (χ3v) is 2.10. The Kier molecular flexibility index (Phi) is 11.5. The van der Waals surface area contributed by atoms with Crippen molar-refractivity contribution in [1.29, 1.82) is 0 Å². The van der Waals surface area contributed by atoms with Gasteiger partial charge in [-0.2, -0.15) is 20.4 Å². The van der Waals surface area contributed by atoms with Crippen molar-refractivity contribution in [1.82, 2.24) is 10.6 Å². The maximum Gasteiger partial charge on any atom is 2.00 e. The van der Waals surface area contributed by atoms with Gasteiger partial charge in [0.2, 0.25) is 0 Å². The first kappa shape index (κ1) is 18.7. The maximum atomic E-state index is 4.81. The normalized spacial score (nSPS) is 14.1. The van der Waals surface area contributed by atoms with E-state index in [0.29, 0.717) is 21.8 Å². The molecule has 0 amide bonds. The van der Waals surface area contributed by atoms with Gasteiger partial charge in [-0.25, -0.2) is 0 Å². The Morgan fingerprint density at radius 1 is 0.765 bits per heavy atom. The molecule has 90 valence electrons. The molecule has 0 radical (unpaired) electrons. The Labute approximate surface area is 125 Å². The van der Waals surface area contributed by atoms with Crippen LogP contribution in [-0.2, 0) is 44.7 Å². The first-order valence-corrected chi connectivity index (χ1v) is 5.27. The zero-order chi connectivity index (χ0) is 12.6. The van der Waals surface area contributed by atoms with Gasteiger partial charge >= 0.3 is 19.5 Å². The molecule has 17 heavy (non-hydrogen) atoms. The summed E-state index contributed by atoms with van der Waals surface area (Å²) in [6.45, 7) is 3.52. The summed E-state index contributed by atoms with van der Waals surface area (Å²) in [6, 6.07) is 0. The maximum absolute atomic E-state index is 4.81. The molecule has 0 rings (SSSR count). The zero-order valence-corrected chi connectivity index (χ0v) is 14.9. The van der Waals surface area contributed by atoms with Crippen LogP contribution in [0.1, 0.15) is 13.8 Å². The molecule has 0 unspecified atom stereocenters. The van der Waals surface area contributed by atoms with E-state index < -0.39 is 0 Å². The van der Waals surface area contributed by atoms with Crippen LogP contribution in [0.5, 0.6) is 0 Å². The fraction of sp³-hybridized carbons (Fsp3) is 0.500. The molecular formula is C8H14N6S2Zn. The zero-order valence-electron chi connectivity index (χ0n) is 10.3. The van der Waals surface area contributed by atoms with Crippen molar-refractivity contribution in [3.05, 3.63) is 0 Å². The van der Waals surface area contributed by atoms with E-state index in [4.69, 9.17) is 25.3 Å². The van der Waals surface area contributed by atoms with Crippen LogP contribution in [0, 0.1) is 0 Å². The van der Waals surface area contributed by atoms with E-state index in [-0.39, 0.29) is 19.5 Å². The van der Waals surface area contributed by atoms with Crippen LogP contribution in [0.15, 0.2) is 20.4 Å². The molecule has 6 nitrogen and oxygen atoms in total. The van der Waals surface area contributed by atoms with E-state index in [0.717, 1.165) is 0 Å². The van der Waals surface area contributed by atoms with Crippen molar-refractivity contribution in [3.8, 4) is 0 Å². The third-order valence-electron chi connectivity index (χ3n) is 1.53. The van der Waals surface area contributed by atoms with Gasteiger partial charge in [-0.15, -0.1) is 0 Å². The third kappa shape index (κ3) is 9.08. The second kappa shape index (κ2) is 10.5. The van der Waals surface area contributed by atoms with Gasteiger partial charge in [0.15, 0.2) is 0 Å². The van der Waals surface area contributed by atoms with Gasteiger partial charge in [-0.3, -0.25) is 0 Å². The molecular weight excluding hydrogens is 310 g/mol. The molecule has 0 aromatic rings. The SMILES string of the molecule is CN/C([S-])=N/N=C(C)/C(C)=N/N=C(\[S-])NC.[Zn+2]. The number of amidine groups is 2. The Balaban J connectivity index is 0. The first-order valence-electron chi connectivity index (χ1n) is 4.45. The van der Waals surface area contributed by atoms with Crippen molar-refractivity contribution >= 4 is 47.0 Å². The summed E-state index contributed by atoms with van der Waals surface area (Å²) >= 11 is 9.61. The number of rotatable bonds is 3. The minimum absolute atomic E-state index is 0. The van der Waals surface area contributed by atoms with Gasteiger partial charge in [0.1, 0.15) is 0 Å². The molecule has 0 aromatic carbocycles. The van der Waals surface area contributed by atoms with Gasteiger partial charge in [0.25, 0.3) is 0 Å². The summed E-state index contributed by atoms with van der Waals surface area (Å²) in [4.78, 5) is 0. The minimum Gasteiger partial charge on any atom is -0.741 e. The summed E-state index contributed by atoms with van der Waals surface area (Å²) in [7, 11) is 3.36. The molecule has 0 saturated carbocycles. The molecule has 0 spiro atoms. The van der Waals surface area contributed by atoms with Gasteiger partial charge in [-0.05, 0) is 24.2 Å². The molecule has 0 bridgehead atoms. The molecule has 0 saturated heterocycles. The molecule has 2 N–H and O–H groups in total. The van der Waals surface area contributed by atoms with Crippen LogP contribution in [0.3, 0.4) is 0 Å². The Hall–Kier alpha value is -0.657. The molecule has 0 aliphatic rings. The van der Waals surface area contributed by atoms with E-state index in [1.807, 2.05) is 0 Å². The second-order valence-electron chi connectivity index (χ2n) is 2.68. The predicted octanol–water partition coefficient (Wildman–Crippen LogP) is -0.0197. The molecule has 9 heteroatoms.